The van der Waals surface area contributed by atoms with Gasteiger partial charge in [0.15, 0.2) is 6.67 Å². The fourth-order valence-electron chi connectivity index (χ4n) is 3.12. The number of halogens is 2. The van der Waals surface area contributed by atoms with Crippen molar-refractivity contribution in [3.8, 4) is 0 Å². The molecule has 0 aromatic heterocycles. The van der Waals surface area contributed by atoms with E-state index in [0.717, 1.165) is 10.5 Å². The highest BCUT2D eigenvalue weighted by Gasteiger charge is 2.40. The number of rotatable bonds is 5. The van der Waals surface area contributed by atoms with Gasteiger partial charge >= 0.3 is 0 Å². The van der Waals surface area contributed by atoms with E-state index in [2.05, 4.69) is 0 Å². The zero-order chi connectivity index (χ0) is 18.0. The minimum Gasteiger partial charge on any atom is -0.316 e. The van der Waals surface area contributed by atoms with Crippen molar-refractivity contribution in [2.75, 3.05) is 13.7 Å². The highest BCUT2D eigenvalue weighted by atomic mass is 35.5. The van der Waals surface area contributed by atoms with Crippen molar-refractivity contribution in [2.24, 2.45) is 0 Å². The van der Waals surface area contributed by atoms with Crippen LogP contribution < -0.4 is 4.90 Å². The van der Waals surface area contributed by atoms with E-state index in [-0.39, 0.29) is 30.7 Å². The van der Waals surface area contributed by atoms with Crippen molar-refractivity contribution in [1.29, 1.82) is 0 Å². The molecule has 0 aliphatic carbocycles. The monoisotopic (exact) mass is 361 g/mol. The maximum atomic E-state index is 13.9. The molecule has 1 fully saturated rings. The van der Waals surface area contributed by atoms with Gasteiger partial charge in [0.2, 0.25) is 11.8 Å². The van der Waals surface area contributed by atoms with Crippen LogP contribution in [0.2, 0.25) is 5.02 Å². The average molecular weight is 362 g/mol. The van der Waals surface area contributed by atoms with Crippen molar-refractivity contribution < 1.29 is 18.9 Å². The Hall–Kier alpha value is -2.24. The first kappa shape index (κ1) is 17.6. The summed E-state index contributed by atoms with van der Waals surface area (Å²) in [6, 6.07) is 13.8. The molecule has 3 rings (SSSR count). The zero-order valence-electron chi connectivity index (χ0n) is 13.8. The van der Waals surface area contributed by atoms with E-state index in [1.165, 1.54) is 11.0 Å². The van der Waals surface area contributed by atoms with Gasteiger partial charge in [-0.3, -0.25) is 9.59 Å². The summed E-state index contributed by atoms with van der Waals surface area (Å²) in [6.07, 6.45) is 0.177. The summed E-state index contributed by atoms with van der Waals surface area (Å²) in [4.78, 5) is 27.0. The van der Waals surface area contributed by atoms with Gasteiger partial charge in [0.25, 0.3) is 0 Å². The fraction of sp³-hybridized carbons (Fsp3) is 0.263. The Morgan fingerprint density at radius 1 is 1.16 bits per heavy atom. The predicted molar refractivity (Wildman–Crippen MR) is 92.5 cm³/mol. The molecule has 0 spiro atoms. The quantitative estimate of drug-likeness (QED) is 0.828. The Morgan fingerprint density at radius 3 is 2.56 bits per heavy atom. The first-order valence-corrected chi connectivity index (χ1v) is 8.48. The molecular formula is C19H19ClFN2O2+. The Kier molecular flexibility index (Phi) is 5.16. The molecular weight excluding hydrogens is 343 g/mol. The van der Waals surface area contributed by atoms with E-state index in [9.17, 15) is 14.0 Å². The van der Waals surface area contributed by atoms with E-state index in [1.54, 1.807) is 19.2 Å². The highest BCUT2D eigenvalue weighted by molar-refractivity contribution is 6.31. The first-order valence-electron chi connectivity index (χ1n) is 8.10. The maximum absolute atomic E-state index is 13.9. The van der Waals surface area contributed by atoms with Gasteiger partial charge in [-0.1, -0.05) is 48.0 Å². The summed E-state index contributed by atoms with van der Waals surface area (Å²) in [7, 11) is 1.80. The molecule has 1 unspecified atom stereocenters. The first-order chi connectivity index (χ1) is 12.0. The number of carbonyl (C=O) groups excluding carboxylic acids is 2. The number of nitrogens with one attached hydrogen (secondary N) is 1. The number of hydrogen-bond donors (Lipinski definition) is 1. The number of hydrogen-bond acceptors (Lipinski definition) is 2. The van der Waals surface area contributed by atoms with Crippen LogP contribution in [-0.2, 0) is 16.1 Å². The molecule has 0 saturated carbocycles. The molecule has 25 heavy (non-hydrogen) atoms. The molecule has 1 saturated heterocycles. The zero-order valence-corrected chi connectivity index (χ0v) is 14.6. The summed E-state index contributed by atoms with van der Waals surface area (Å²) in [6.45, 7) is 0.476. The molecule has 2 amide bonds. The summed E-state index contributed by atoms with van der Waals surface area (Å²) in [5.74, 6) is -1.21. The summed E-state index contributed by atoms with van der Waals surface area (Å²) < 4.78 is 13.9. The van der Waals surface area contributed by atoms with Crippen LogP contribution in [0.15, 0.2) is 48.5 Å². The number of likely N-dealkylation sites (tertiary alicyclic amines) is 1. The average Bonchev–Trinajstić information content (AvgIpc) is 2.87. The molecule has 2 aromatic rings. The number of imide groups is 1. The van der Waals surface area contributed by atoms with Crippen LogP contribution >= 0.6 is 11.6 Å². The molecule has 1 aliphatic heterocycles. The molecule has 0 bridgehead atoms. The number of benzene rings is 2. The minimum absolute atomic E-state index is 0.177. The van der Waals surface area contributed by atoms with Crippen LogP contribution in [0.4, 0.5) is 4.39 Å². The molecule has 4 nitrogen and oxygen atoms in total. The van der Waals surface area contributed by atoms with Gasteiger partial charge < -0.3 is 4.90 Å². The summed E-state index contributed by atoms with van der Waals surface area (Å²) in [5, 5.41) is 0.348. The van der Waals surface area contributed by atoms with Crippen molar-refractivity contribution in [3.63, 3.8) is 0 Å². The third-order valence-electron chi connectivity index (χ3n) is 4.41. The molecule has 0 radical (unpaired) electrons. The van der Waals surface area contributed by atoms with E-state index in [4.69, 9.17) is 11.6 Å². The van der Waals surface area contributed by atoms with E-state index < -0.39 is 5.92 Å². The number of quaternary nitrogens is 1. The molecule has 2 aromatic carbocycles. The predicted octanol–water partition coefficient (Wildman–Crippen LogP) is 1.99. The highest BCUT2D eigenvalue weighted by Crippen LogP contribution is 2.28. The van der Waals surface area contributed by atoms with Crippen molar-refractivity contribution in [3.05, 3.63) is 70.5 Å². The number of carbonyl (C=O) groups is 2. The molecule has 2 atom stereocenters. The van der Waals surface area contributed by atoms with Gasteiger partial charge in [-0.15, -0.1) is 0 Å². The second-order valence-electron chi connectivity index (χ2n) is 6.32. The number of nitrogens with zero attached hydrogens (tertiary/aromatic N) is 1. The van der Waals surface area contributed by atoms with Gasteiger partial charge in [0.05, 0.1) is 23.6 Å². The SMILES string of the molecule is C[NH+](Cc1c(F)cccc1Cl)CN1C(=O)C[C@@H](c2ccccc2)C1=O. The summed E-state index contributed by atoms with van der Waals surface area (Å²) >= 11 is 6.05. The van der Waals surface area contributed by atoms with E-state index in [1.807, 2.05) is 30.3 Å². The van der Waals surface area contributed by atoms with Crippen LogP contribution in [0, 0.1) is 5.82 Å². The maximum Gasteiger partial charge on any atom is 0.241 e. The van der Waals surface area contributed by atoms with E-state index in [0.29, 0.717) is 17.1 Å². The van der Waals surface area contributed by atoms with Crippen LogP contribution in [0.5, 0.6) is 0 Å². The van der Waals surface area contributed by atoms with Crippen molar-refractivity contribution in [2.45, 2.75) is 18.9 Å². The van der Waals surface area contributed by atoms with Gasteiger partial charge in [0.1, 0.15) is 12.4 Å². The lowest BCUT2D eigenvalue weighted by Crippen LogP contribution is -3.09. The third kappa shape index (κ3) is 3.72. The summed E-state index contributed by atoms with van der Waals surface area (Å²) in [5.41, 5.74) is 1.23. The third-order valence-corrected chi connectivity index (χ3v) is 4.77. The topological polar surface area (TPSA) is 41.8 Å². The fourth-order valence-corrected chi connectivity index (χ4v) is 3.35. The van der Waals surface area contributed by atoms with Crippen LogP contribution in [0.3, 0.4) is 0 Å². The van der Waals surface area contributed by atoms with Gasteiger partial charge in [-0.05, 0) is 17.7 Å². The lowest BCUT2D eigenvalue weighted by Gasteiger charge is -2.21. The second-order valence-corrected chi connectivity index (χ2v) is 6.73. The molecule has 1 aliphatic rings. The lowest BCUT2D eigenvalue weighted by molar-refractivity contribution is -0.901. The largest absolute Gasteiger partial charge is 0.316 e. The smallest absolute Gasteiger partial charge is 0.241 e. The minimum atomic E-state index is -0.432. The Bertz CT molecular complexity index is 777. The van der Waals surface area contributed by atoms with Crippen LogP contribution in [0.25, 0.3) is 0 Å². The lowest BCUT2D eigenvalue weighted by atomic mass is 9.98. The van der Waals surface area contributed by atoms with Gasteiger partial charge in [0, 0.05) is 6.42 Å². The second kappa shape index (κ2) is 7.33. The van der Waals surface area contributed by atoms with Crippen LogP contribution in [-0.4, -0.2) is 30.4 Å². The number of amides is 2. The normalized spacial score (nSPS) is 18.7. The molecule has 1 N–H and O–H groups in total. The Labute approximate surface area is 150 Å². The van der Waals surface area contributed by atoms with Gasteiger partial charge in [-0.2, -0.15) is 0 Å². The Morgan fingerprint density at radius 2 is 1.88 bits per heavy atom. The van der Waals surface area contributed by atoms with Crippen molar-refractivity contribution >= 4 is 23.4 Å². The molecule has 130 valence electrons. The van der Waals surface area contributed by atoms with Gasteiger partial charge in [-0.25, -0.2) is 9.29 Å². The standard InChI is InChI=1S/C19H18ClFN2O2/c1-22(11-15-16(20)8-5-9-17(15)21)12-23-18(24)10-14(19(23)25)13-6-3-2-4-7-13/h2-9,14H,10-12H2,1H3/p+1/t14-/m0/s1. The van der Waals surface area contributed by atoms with Crippen molar-refractivity contribution in [1.82, 2.24) is 4.90 Å². The Balaban J connectivity index is 1.70. The van der Waals surface area contributed by atoms with Crippen LogP contribution in [0.1, 0.15) is 23.5 Å². The van der Waals surface area contributed by atoms with E-state index >= 15 is 0 Å². The molecule has 6 heteroatoms. The molecule has 1 heterocycles.